The predicted octanol–water partition coefficient (Wildman–Crippen LogP) is 2.80. The number of pyridine rings is 1. The Bertz CT molecular complexity index is 359. The summed E-state index contributed by atoms with van der Waals surface area (Å²) in [5, 5.41) is 1.06. The van der Waals surface area contributed by atoms with Crippen LogP contribution in [0.15, 0.2) is 29.3 Å². The minimum Gasteiger partial charge on any atom is -0.353 e. The maximum absolute atomic E-state index is 11.0. The molecule has 15 heavy (non-hydrogen) atoms. The summed E-state index contributed by atoms with van der Waals surface area (Å²) in [7, 11) is 0. The molecule has 3 heteroatoms. The van der Waals surface area contributed by atoms with E-state index in [4.69, 9.17) is 0 Å². The predicted molar refractivity (Wildman–Crippen MR) is 65.4 cm³/mol. The van der Waals surface area contributed by atoms with Gasteiger partial charge in [-0.15, -0.1) is 0 Å². The number of aromatic nitrogens is 1. The Kier molecular flexibility index (Phi) is 3.29. The van der Waals surface area contributed by atoms with Gasteiger partial charge in [0.15, 0.2) is 5.43 Å². The van der Waals surface area contributed by atoms with Gasteiger partial charge in [0.25, 0.3) is 0 Å². The van der Waals surface area contributed by atoms with Crippen LogP contribution in [0.4, 0.5) is 0 Å². The molecule has 0 bridgehead atoms. The van der Waals surface area contributed by atoms with Crippen LogP contribution in [0.2, 0.25) is 0 Å². The monoisotopic (exact) mass is 269 g/mol. The summed E-state index contributed by atoms with van der Waals surface area (Å²) in [6, 6.07) is 3.27. The molecule has 82 valence electrons. The van der Waals surface area contributed by atoms with Gasteiger partial charge in [-0.25, -0.2) is 0 Å². The Morgan fingerprint density at radius 2 is 1.87 bits per heavy atom. The second kappa shape index (κ2) is 4.52. The Labute approximate surface area is 98.4 Å². The van der Waals surface area contributed by atoms with Crippen LogP contribution in [-0.2, 0) is 6.54 Å². The lowest BCUT2D eigenvalue weighted by Gasteiger charge is -2.27. The standard InChI is InChI=1S/C12H16BrNO/c13-9-12(5-1-2-6-12)10-14-7-3-11(15)4-8-14/h3-4,7-8H,1-2,5-6,9-10H2. The van der Waals surface area contributed by atoms with Crippen molar-refractivity contribution in [2.45, 2.75) is 32.2 Å². The summed E-state index contributed by atoms with van der Waals surface area (Å²) in [6.07, 6.45) is 9.06. The van der Waals surface area contributed by atoms with E-state index in [0.717, 1.165) is 11.9 Å². The van der Waals surface area contributed by atoms with E-state index in [-0.39, 0.29) is 5.43 Å². The van der Waals surface area contributed by atoms with Crippen LogP contribution in [-0.4, -0.2) is 9.90 Å². The molecule has 2 rings (SSSR count). The summed E-state index contributed by atoms with van der Waals surface area (Å²) >= 11 is 3.63. The van der Waals surface area contributed by atoms with E-state index in [1.807, 2.05) is 12.4 Å². The normalized spacial score (nSPS) is 19.3. The third-order valence-electron chi connectivity index (χ3n) is 3.33. The average molecular weight is 270 g/mol. The summed E-state index contributed by atoms with van der Waals surface area (Å²) in [5.41, 5.74) is 0.500. The maximum atomic E-state index is 11.0. The summed E-state index contributed by atoms with van der Waals surface area (Å²) in [4.78, 5) is 11.0. The van der Waals surface area contributed by atoms with Crippen molar-refractivity contribution in [3.63, 3.8) is 0 Å². The van der Waals surface area contributed by atoms with Crippen molar-refractivity contribution in [3.05, 3.63) is 34.7 Å². The summed E-state index contributed by atoms with van der Waals surface area (Å²) in [6.45, 7) is 1.03. The number of alkyl halides is 1. The molecule has 0 radical (unpaired) electrons. The second-order valence-corrected chi connectivity index (χ2v) is 5.11. The van der Waals surface area contributed by atoms with Crippen molar-refractivity contribution in [1.82, 2.24) is 4.57 Å². The molecular weight excluding hydrogens is 254 g/mol. The highest BCUT2D eigenvalue weighted by atomic mass is 79.9. The quantitative estimate of drug-likeness (QED) is 0.774. The molecule has 1 saturated carbocycles. The highest BCUT2D eigenvalue weighted by molar-refractivity contribution is 9.09. The van der Waals surface area contributed by atoms with Crippen molar-refractivity contribution in [1.29, 1.82) is 0 Å². The van der Waals surface area contributed by atoms with E-state index >= 15 is 0 Å². The Balaban J connectivity index is 2.12. The average Bonchev–Trinajstić information content (AvgIpc) is 2.71. The molecular formula is C12H16BrNO. The lowest BCUT2D eigenvalue weighted by molar-refractivity contribution is 0.291. The molecule has 0 amide bonds. The smallest absolute Gasteiger partial charge is 0.181 e. The van der Waals surface area contributed by atoms with Crippen molar-refractivity contribution < 1.29 is 0 Å². The van der Waals surface area contributed by atoms with Crippen LogP contribution >= 0.6 is 15.9 Å². The van der Waals surface area contributed by atoms with Gasteiger partial charge in [0.1, 0.15) is 0 Å². The molecule has 1 fully saturated rings. The minimum atomic E-state index is 0.0885. The molecule has 1 aliphatic carbocycles. The zero-order valence-corrected chi connectivity index (χ0v) is 10.4. The van der Waals surface area contributed by atoms with Gasteiger partial charge < -0.3 is 4.57 Å². The van der Waals surface area contributed by atoms with Gasteiger partial charge in [0.2, 0.25) is 0 Å². The molecule has 0 aromatic carbocycles. The maximum Gasteiger partial charge on any atom is 0.181 e. The number of hydrogen-bond donors (Lipinski definition) is 0. The molecule has 0 unspecified atom stereocenters. The van der Waals surface area contributed by atoms with Gasteiger partial charge >= 0.3 is 0 Å². The molecule has 0 aliphatic heterocycles. The van der Waals surface area contributed by atoms with E-state index in [1.165, 1.54) is 25.7 Å². The molecule has 2 nitrogen and oxygen atoms in total. The van der Waals surface area contributed by atoms with E-state index in [2.05, 4.69) is 20.5 Å². The molecule has 1 heterocycles. The van der Waals surface area contributed by atoms with Crippen LogP contribution in [0.25, 0.3) is 0 Å². The largest absolute Gasteiger partial charge is 0.353 e. The molecule has 0 atom stereocenters. The first kappa shape index (κ1) is 10.9. The van der Waals surface area contributed by atoms with Crippen LogP contribution in [0.1, 0.15) is 25.7 Å². The first-order chi connectivity index (χ1) is 7.24. The lowest BCUT2D eigenvalue weighted by Crippen LogP contribution is -2.25. The van der Waals surface area contributed by atoms with E-state index in [0.29, 0.717) is 5.41 Å². The highest BCUT2D eigenvalue weighted by Gasteiger charge is 2.32. The molecule has 1 aromatic heterocycles. The minimum absolute atomic E-state index is 0.0885. The molecule has 0 spiro atoms. The van der Waals surface area contributed by atoms with Crippen molar-refractivity contribution in [2.24, 2.45) is 5.41 Å². The summed E-state index contributed by atoms with van der Waals surface area (Å²) in [5.74, 6) is 0. The molecule has 1 aromatic rings. The first-order valence-electron chi connectivity index (χ1n) is 5.46. The SMILES string of the molecule is O=c1ccn(CC2(CBr)CCCC2)cc1. The van der Waals surface area contributed by atoms with Crippen LogP contribution < -0.4 is 5.43 Å². The van der Waals surface area contributed by atoms with E-state index in [1.54, 1.807) is 12.1 Å². The molecule has 0 saturated heterocycles. The Morgan fingerprint density at radius 1 is 1.27 bits per heavy atom. The van der Waals surface area contributed by atoms with Crippen LogP contribution in [0.5, 0.6) is 0 Å². The third-order valence-corrected chi connectivity index (χ3v) is 4.52. The number of rotatable bonds is 3. The van der Waals surface area contributed by atoms with Gasteiger partial charge in [-0.1, -0.05) is 28.8 Å². The van der Waals surface area contributed by atoms with Gasteiger partial charge in [0.05, 0.1) is 0 Å². The zero-order valence-electron chi connectivity index (χ0n) is 8.79. The Morgan fingerprint density at radius 3 is 2.40 bits per heavy atom. The highest BCUT2D eigenvalue weighted by Crippen LogP contribution is 2.40. The number of hydrogen-bond acceptors (Lipinski definition) is 1. The summed E-state index contributed by atoms with van der Waals surface area (Å²) < 4.78 is 2.13. The molecule has 0 N–H and O–H groups in total. The fraction of sp³-hybridized carbons (Fsp3) is 0.583. The number of nitrogens with zero attached hydrogens (tertiary/aromatic N) is 1. The van der Waals surface area contributed by atoms with Gasteiger partial charge in [-0.2, -0.15) is 0 Å². The Hall–Kier alpha value is -0.570. The van der Waals surface area contributed by atoms with Gasteiger partial charge in [0, 0.05) is 36.4 Å². The van der Waals surface area contributed by atoms with E-state index < -0.39 is 0 Å². The first-order valence-corrected chi connectivity index (χ1v) is 6.58. The van der Waals surface area contributed by atoms with Crippen LogP contribution in [0.3, 0.4) is 0 Å². The number of halogens is 1. The van der Waals surface area contributed by atoms with Crippen molar-refractivity contribution in [2.75, 3.05) is 5.33 Å². The zero-order chi connectivity index (χ0) is 10.7. The lowest BCUT2D eigenvalue weighted by atomic mass is 9.89. The van der Waals surface area contributed by atoms with Crippen molar-refractivity contribution in [3.8, 4) is 0 Å². The van der Waals surface area contributed by atoms with Crippen molar-refractivity contribution >= 4 is 15.9 Å². The van der Waals surface area contributed by atoms with Gasteiger partial charge in [-0.05, 0) is 18.3 Å². The third kappa shape index (κ3) is 2.51. The topological polar surface area (TPSA) is 22.0 Å². The van der Waals surface area contributed by atoms with E-state index in [9.17, 15) is 4.79 Å². The van der Waals surface area contributed by atoms with Crippen LogP contribution in [0, 0.1) is 5.41 Å². The second-order valence-electron chi connectivity index (χ2n) is 4.55. The fourth-order valence-electron chi connectivity index (χ4n) is 2.40. The fourth-order valence-corrected chi connectivity index (χ4v) is 3.13. The molecule has 1 aliphatic rings. The van der Waals surface area contributed by atoms with Gasteiger partial charge in [-0.3, -0.25) is 4.79 Å².